The molecule has 2 N–H and O–H groups in total. The average Bonchev–Trinajstić information content (AvgIpc) is 3.43. The maximum atomic E-state index is 11.7. The van der Waals surface area contributed by atoms with Crippen LogP contribution in [0.3, 0.4) is 0 Å². The van der Waals surface area contributed by atoms with Crippen LogP contribution in [0.5, 0.6) is 0 Å². The number of fused-ring (bicyclic) bond motifs is 1. The topological polar surface area (TPSA) is 108 Å². The lowest BCUT2D eigenvalue weighted by Gasteiger charge is -2.30. The molecule has 160 valence electrons. The summed E-state index contributed by atoms with van der Waals surface area (Å²) in [5.74, 6) is 0.541. The van der Waals surface area contributed by atoms with Crippen LogP contribution < -0.4 is 5.32 Å². The molecule has 0 radical (unpaired) electrons. The van der Waals surface area contributed by atoms with Crippen LogP contribution in [0.1, 0.15) is 12.8 Å². The van der Waals surface area contributed by atoms with Gasteiger partial charge in [-0.1, -0.05) is 30.3 Å². The Labute approximate surface area is 180 Å². The van der Waals surface area contributed by atoms with E-state index < -0.39 is 10.0 Å². The van der Waals surface area contributed by atoms with Crippen LogP contribution in [0.4, 0.5) is 5.95 Å². The van der Waals surface area contributed by atoms with Gasteiger partial charge in [-0.2, -0.15) is 10.1 Å². The van der Waals surface area contributed by atoms with Crippen molar-refractivity contribution >= 4 is 21.6 Å². The number of benzene rings is 1. The number of piperidine rings is 1. The minimum Gasteiger partial charge on any atom is -0.350 e. The van der Waals surface area contributed by atoms with Gasteiger partial charge < -0.3 is 5.32 Å². The first-order valence-corrected chi connectivity index (χ1v) is 12.0. The lowest BCUT2D eigenvalue weighted by molar-refractivity contribution is 0.331. The standard InChI is InChI=1S/C21H23N7O2S/c1-31(29,30)27-10-7-17(8-11-27)24-21-25-20-19(15-5-3-2-4-6-15)18(9-12-28(20)26-21)16-13-22-23-14-16/h2-6,9,12-14,17H,7-8,10-11H2,1H3,(H,22,23)(H,24,26). The zero-order chi connectivity index (χ0) is 21.4. The number of nitrogens with one attached hydrogen (secondary N) is 2. The second-order valence-electron chi connectivity index (χ2n) is 7.74. The number of hydrogen-bond acceptors (Lipinski definition) is 6. The Kier molecular flexibility index (Phi) is 4.95. The molecular weight excluding hydrogens is 414 g/mol. The molecule has 9 nitrogen and oxygen atoms in total. The first-order valence-electron chi connectivity index (χ1n) is 10.1. The molecule has 4 aromatic rings. The van der Waals surface area contributed by atoms with Gasteiger partial charge in [0, 0.05) is 42.7 Å². The van der Waals surface area contributed by atoms with Gasteiger partial charge in [-0.15, -0.1) is 5.10 Å². The van der Waals surface area contributed by atoms with Crippen molar-refractivity contribution in [2.45, 2.75) is 18.9 Å². The minimum atomic E-state index is -3.14. The van der Waals surface area contributed by atoms with Crippen LogP contribution >= 0.6 is 0 Å². The highest BCUT2D eigenvalue weighted by Crippen LogP contribution is 2.34. The Morgan fingerprint density at radius 3 is 2.55 bits per heavy atom. The number of anilines is 1. The minimum absolute atomic E-state index is 0.129. The number of nitrogens with zero attached hydrogens (tertiary/aromatic N) is 5. The molecule has 1 saturated heterocycles. The first-order chi connectivity index (χ1) is 15.0. The second kappa shape index (κ2) is 7.78. The molecule has 0 unspecified atom stereocenters. The molecule has 10 heteroatoms. The molecule has 31 heavy (non-hydrogen) atoms. The number of rotatable bonds is 5. The monoisotopic (exact) mass is 437 g/mol. The van der Waals surface area contributed by atoms with Crippen molar-refractivity contribution in [3.63, 3.8) is 0 Å². The van der Waals surface area contributed by atoms with Crippen molar-refractivity contribution in [1.29, 1.82) is 0 Å². The van der Waals surface area contributed by atoms with E-state index in [1.807, 2.05) is 36.7 Å². The van der Waals surface area contributed by atoms with Crippen LogP contribution in [0, 0.1) is 0 Å². The molecule has 1 fully saturated rings. The van der Waals surface area contributed by atoms with E-state index in [2.05, 4.69) is 32.7 Å². The quantitative estimate of drug-likeness (QED) is 0.497. The summed E-state index contributed by atoms with van der Waals surface area (Å²) in [5.41, 5.74) is 4.78. The van der Waals surface area contributed by atoms with Gasteiger partial charge >= 0.3 is 0 Å². The van der Waals surface area contributed by atoms with Crippen molar-refractivity contribution in [3.05, 3.63) is 55.0 Å². The van der Waals surface area contributed by atoms with E-state index >= 15 is 0 Å². The van der Waals surface area contributed by atoms with E-state index in [4.69, 9.17) is 4.98 Å². The normalized spacial score (nSPS) is 16.0. The fraction of sp³-hybridized carbons (Fsp3) is 0.286. The van der Waals surface area contributed by atoms with Crippen molar-refractivity contribution in [2.24, 2.45) is 0 Å². The molecule has 0 amide bonds. The summed E-state index contributed by atoms with van der Waals surface area (Å²) in [5, 5.41) is 15.0. The van der Waals surface area contributed by atoms with E-state index in [0.717, 1.165) is 27.9 Å². The van der Waals surface area contributed by atoms with Gasteiger partial charge in [0.05, 0.1) is 12.5 Å². The zero-order valence-corrected chi connectivity index (χ0v) is 17.9. The smallest absolute Gasteiger partial charge is 0.243 e. The lowest BCUT2D eigenvalue weighted by Crippen LogP contribution is -2.41. The molecule has 3 aromatic heterocycles. The lowest BCUT2D eigenvalue weighted by atomic mass is 9.98. The molecule has 1 aliphatic rings. The largest absolute Gasteiger partial charge is 0.350 e. The molecule has 0 atom stereocenters. The van der Waals surface area contributed by atoms with Gasteiger partial charge in [-0.3, -0.25) is 5.10 Å². The van der Waals surface area contributed by atoms with Gasteiger partial charge in [0.25, 0.3) is 0 Å². The van der Waals surface area contributed by atoms with Crippen LogP contribution in [-0.4, -0.2) is 62.9 Å². The van der Waals surface area contributed by atoms with Crippen molar-refractivity contribution in [3.8, 4) is 22.3 Å². The highest BCUT2D eigenvalue weighted by atomic mass is 32.2. The predicted molar refractivity (Wildman–Crippen MR) is 119 cm³/mol. The third-order valence-corrected chi connectivity index (χ3v) is 6.94. The third-order valence-electron chi connectivity index (χ3n) is 5.63. The van der Waals surface area contributed by atoms with Crippen LogP contribution in [0.15, 0.2) is 55.0 Å². The number of pyridine rings is 1. The summed E-state index contributed by atoms with van der Waals surface area (Å²) in [6.07, 6.45) is 8.25. The Balaban J connectivity index is 1.49. The zero-order valence-electron chi connectivity index (χ0n) is 17.1. The number of sulfonamides is 1. The van der Waals surface area contributed by atoms with E-state index in [1.54, 1.807) is 10.7 Å². The molecule has 5 rings (SSSR count). The summed E-state index contributed by atoms with van der Waals surface area (Å²) in [4.78, 5) is 4.80. The fourth-order valence-corrected chi connectivity index (χ4v) is 4.92. The summed E-state index contributed by atoms with van der Waals surface area (Å²) in [6, 6.07) is 12.3. The van der Waals surface area contributed by atoms with Crippen LogP contribution in [-0.2, 0) is 10.0 Å². The Morgan fingerprint density at radius 1 is 1.10 bits per heavy atom. The second-order valence-corrected chi connectivity index (χ2v) is 9.72. The predicted octanol–water partition coefficient (Wildman–Crippen LogP) is 2.62. The molecule has 0 bridgehead atoms. The fourth-order valence-electron chi connectivity index (χ4n) is 4.05. The van der Waals surface area contributed by atoms with Crippen LogP contribution in [0.2, 0.25) is 0 Å². The van der Waals surface area contributed by atoms with E-state index in [0.29, 0.717) is 31.9 Å². The van der Waals surface area contributed by atoms with Crippen LogP contribution in [0.25, 0.3) is 27.9 Å². The van der Waals surface area contributed by atoms with E-state index in [9.17, 15) is 8.42 Å². The Morgan fingerprint density at radius 2 is 1.87 bits per heavy atom. The van der Waals surface area contributed by atoms with Crippen molar-refractivity contribution in [1.82, 2.24) is 29.1 Å². The molecule has 0 aliphatic carbocycles. The summed E-state index contributed by atoms with van der Waals surface area (Å²) in [7, 11) is -3.14. The number of H-pyrrole nitrogens is 1. The average molecular weight is 438 g/mol. The summed E-state index contributed by atoms with van der Waals surface area (Å²) >= 11 is 0. The number of aromatic amines is 1. The third kappa shape index (κ3) is 3.91. The maximum Gasteiger partial charge on any atom is 0.243 e. The first kappa shape index (κ1) is 19.7. The van der Waals surface area contributed by atoms with E-state index in [-0.39, 0.29) is 6.04 Å². The molecule has 0 spiro atoms. The maximum absolute atomic E-state index is 11.7. The van der Waals surface area contributed by atoms with Gasteiger partial charge in [-0.05, 0) is 30.0 Å². The van der Waals surface area contributed by atoms with Gasteiger partial charge in [-0.25, -0.2) is 17.2 Å². The van der Waals surface area contributed by atoms with Gasteiger partial charge in [0.15, 0.2) is 5.65 Å². The highest BCUT2D eigenvalue weighted by Gasteiger charge is 2.26. The van der Waals surface area contributed by atoms with Crippen molar-refractivity contribution in [2.75, 3.05) is 24.7 Å². The molecule has 0 saturated carbocycles. The van der Waals surface area contributed by atoms with E-state index in [1.165, 1.54) is 10.6 Å². The number of aromatic nitrogens is 5. The SMILES string of the molecule is CS(=O)(=O)N1CCC(Nc2nc3c(-c4ccccc4)c(-c4cn[nH]c4)ccn3n2)CC1. The van der Waals surface area contributed by atoms with Crippen molar-refractivity contribution < 1.29 is 8.42 Å². The number of hydrogen-bond donors (Lipinski definition) is 2. The molecular formula is C21H23N7O2S. The molecule has 4 heterocycles. The van der Waals surface area contributed by atoms with Gasteiger partial charge in [0.1, 0.15) is 0 Å². The Hall–Kier alpha value is -3.24. The summed E-state index contributed by atoms with van der Waals surface area (Å²) < 4.78 is 26.8. The highest BCUT2D eigenvalue weighted by molar-refractivity contribution is 7.88. The van der Waals surface area contributed by atoms with Gasteiger partial charge in [0.2, 0.25) is 16.0 Å². The molecule has 1 aromatic carbocycles. The summed E-state index contributed by atoms with van der Waals surface area (Å²) in [6.45, 7) is 1.01. The Bertz CT molecular complexity index is 1290. The molecule has 1 aliphatic heterocycles.